The van der Waals surface area contributed by atoms with Gasteiger partial charge in [-0.1, -0.05) is 30.3 Å². The molecule has 26 heavy (non-hydrogen) atoms. The van der Waals surface area contributed by atoms with Gasteiger partial charge in [0.15, 0.2) is 5.96 Å². The monoisotopic (exact) mass is 349 g/mol. The summed E-state index contributed by atoms with van der Waals surface area (Å²) in [7, 11) is 1.55. The first-order chi connectivity index (χ1) is 12.5. The molecule has 5 N–H and O–H groups in total. The summed E-state index contributed by atoms with van der Waals surface area (Å²) in [6, 6.07) is 13.0. The molecule has 2 aromatic carbocycles. The third kappa shape index (κ3) is 3.41. The molecule has 7 nitrogen and oxygen atoms in total. The fraction of sp³-hybridized carbons (Fsp3) is 0.105. The zero-order chi connectivity index (χ0) is 18.7. The fourth-order valence-corrected chi connectivity index (χ4v) is 2.72. The maximum Gasteiger partial charge on any atom is 0.253 e. The summed E-state index contributed by atoms with van der Waals surface area (Å²) in [5, 5.41) is 10.6. The maximum atomic E-state index is 10.6. The lowest BCUT2D eigenvalue weighted by atomic mass is 9.97. The smallest absolute Gasteiger partial charge is 0.253 e. The van der Waals surface area contributed by atoms with Crippen LogP contribution < -0.4 is 16.2 Å². The molecule has 0 unspecified atom stereocenters. The molecule has 3 aromatic rings. The molecule has 1 aromatic heterocycles. The number of nitrogens with two attached hydrogens (primary N) is 2. The molecule has 0 bridgehead atoms. The Hall–Kier alpha value is -3.61. The van der Waals surface area contributed by atoms with E-state index in [4.69, 9.17) is 16.2 Å². The van der Waals surface area contributed by atoms with Crippen molar-refractivity contribution in [3.8, 4) is 33.9 Å². The van der Waals surface area contributed by atoms with Gasteiger partial charge in [-0.3, -0.25) is 0 Å². The molecule has 0 fully saturated rings. The van der Waals surface area contributed by atoms with Crippen LogP contribution in [0.15, 0.2) is 53.7 Å². The average Bonchev–Trinajstić information content (AvgIpc) is 2.61. The van der Waals surface area contributed by atoms with Crippen molar-refractivity contribution in [2.24, 2.45) is 16.5 Å². The summed E-state index contributed by atoms with van der Waals surface area (Å²) in [5.41, 5.74) is 14.4. The fourth-order valence-electron chi connectivity index (χ4n) is 2.72. The standard InChI is InChI=1S/C19H19N5O2/c1-11-8-13(26-2)9-15(25)16(11)17-14(12-6-4-3-5-7-12)10-22-19(23-17)24-18(20)21/h3-10,25H,1-2H3,(H4,20,21,22,23,24). The van der Waals surface area contributed by atoms with Gasteiger partial charge in [0.2, 0.25) is 0 Å². The lowest BCUT2D eigenvalue weighted by Crippen LogP contribution is -2.22. The van der Waals surface area contributed by atoms with E-state index >= 15 is 0 Å². The number of benzene rings is 2. The Morgan fingerprint density at radius 2 is 1.88 bits per heavy atom. The number of hydrogen-bond acceptors (Lipinski definition) is 5. The number of nitrogens with zero attached hydrogens (tertiary/aromatic N) is 3. The van der Waals surface area contributed by atoms with E-state index in [0.717, 1.165) is 16.7 Å². The van der Waals surface area contributed by atoms with Crippen molar-refractivity contribution < 1.29 is 9.84 Å². The van der Waals surface area contributed by atoms with Crippen molar-refractivity contribution in [1.29, 1.82) is 0 Å². The predicted octanol–water partition coefficient (Wildman–Crippen LogP) is 2.74. The van der Waals surface area contributed by atoms with E-state index in [9.17, 15) is 5.11 Å². The number of phenolic OH excluding ortho intramolecular Hbond substituents is 1. The summed E-state index contributed by atoms with van der Waals surface area (Å²) < 4.78 is 5.21. The number of aromatic hydroxyl groups is 1. The second-order valence-corrected chi connectivity index (χ2v) is 5.67. The second-order valence-electron chi connectivity index (χ2n) is 5.67. The summed E-state index contributed by atoms with van der Waals surface area (Å²) in [6.07, 6.45) is 1.64. The molecular weight excluding hydrogens is 330 g/mol. The number of phenols is 1. The summed E-state index contributed by atoms with van der Waals surface area (Å²) in [6.45, 7) is 1.87. The first-order valence-electron chi connectivity index (χ1n) is 7.89. The van der Waals surface area contributed by atoms with E-state index in [1.54, 1.807) is 19.4 Å². The molecule has 0 radical (unpaired) electrons. The van der Waals surface area contributed by atoms with E-state index in [0.29, 0.717) is 17.0 Å². The quantitative estimate of drug-likeness (QED) is 0.492. The largest absolute Gasteiger partial charge is 0.507 e. The van der Waals surface area contributed by atoms with Gasteiger partial charge < -0.3 is 21.3 Å². The van der Waals surface area contributed by atoms with E-state index < -0.39 is 0 Å². The summed E-state index contributed by atoms with van der Waals surface area (Å²) in [5.74, 6) is 0.588. The van der Waals surface area contributed by atoms with Gasteiger partial charge in [0.25, 0.3) is 5.95 Å². The van der Waals surface area contributed by atoms with Crippen LogP contribution in [0.5, 0.6) is 11.5 Å². The second kappa shape index (κ2) is 7.10. The van der Waals surface area contributed by atoms with Crippen molar-refractivity contribution in [3.05, 3.63) is 54.2 Å². The van der Waals surface area contributed by atoms with Crippen LogP contribution in [0.2, 0.25) is 0 Å². The number of guanidine groups is 1. The Morgan fingerprint density at radius 1 is 1.15 bits per heavy atom. The molecule has 0 aliphatic carbocycles. The van der Waals surface area contributed by atoms with Crippen LogP contribution in [0, 0.1) is 6.92 Å². The van der Waals surface area contributed by atoms with Crippen LogP contribution in [-0.4, -0.2) is 28.1 Å². The lowest BCUT2D eigenvalue weighted by molar-refractivity contribution is 0.407. The van der Waals surface area contributed by atoms with Crippen molar-refractivity contribution >= 4 is 11.9 Å². The molecule has 0 spiro atoms. The number of aliphatic imine (C=N–C) groups is 1. The van der Waals surface area contributed by atoms with Crippen LogP contribution in [0.4, 0.5) is 5.95 Å². The Kier molecular flexibility index (Phi) is 4.70. The molecule has 0 saturated heterocycles. The number of aromatic nitrogens is 2. The van der Waals surface area contributed by atoms with Gasteiger partial charge in [-0.25, -0.2) is 9.97 Å². The van der Waals surface area contributed by atoms with E-state index in [1.165, 1.54) is 0 Å². The minimum atomic E-state index is -0.140. The molecule has 0 aliphatic rings. The van der Waals surface area contributed by atoms with Gasteiger partial charge in [-0.2, -0.15) is 4.99 Å². The maximum absolute atomic E-state index is 10.6. The van der Waals surface area contributed by atoms with E-state index in [1.807, 2.05) is 43.3 Å². The highest BCUT2D eigenvalue weighted by Gasteiger charge is 2.18. The molecule has 1 heterocycles. The van der Waals surface area contributed by atoms with Gasteiger partial charge in [0, 0.05) is 23.4 Å². The first-order valence-corrected chi connectivity index (χ1v) is 7.89. The Labute approximate surface area is 151 Å². The number of methoxy groups -OCH3 is 1. The van der Waals surface area contributed by atoms with Gasteiger partial charge in [0.05, 0.1) is 12.8 Å². The van der Waals surface area contributed by atoms with Crippen LogP contribution in [-0.2, 0) is 0 Å². The van der Waals surface area contributed by atoms with Gasteiger partial charge in [0.1, 0.15) is 11.5 Å². The van der Waals surface area contributed by atoms with Gasteiger partial charge >= 0.3 is 0 Å². The molecule has 7 heteroatoms. The summed E-state index contributed by atoms with van der Waals surface area (Å²) in [4.78, 5) is 12.6. The SMILES string of the molecule is COc1cc(C)c(-c2nc(N=C(N)N)ncc2-c2ccccc2)c(O)c1. The normalized spacial score (nSPS) is 10.4. The highest BCUT2D eigenvalue weighted by atomic mass is 16.5. The highest BCUT2D eigenvalue weighted by molar-refractivity contribution is 5.86. The molecule has 0 aliphatic heterocycles. The topological polar surface area (TPSA) is 120 Å². The number of aryl methyl sites for hydroxylation is 1. The average molecular weight is 349 g/mol. The van der Waals surface area contributed by atoms with Crippen LogP contribution in [0.25, 0.3) is 22.4 Å². The number of hydrogen-bond donors (Lipinski definition) is 3. The van der Waals surface area contributed by atoms with Crippen molar-refractivity contribution in [1.82, 2.24) is 9.97 Å². The van der Waals surface area contributed by atoms with Crippen LogP contribution in [0.3, 0.4) is 0 Å². The number of ether oxygens (including phenoxy) is 1. The zero-order valence-corrected chi connectivity index (χ0v) is 14.5. The third-order valence-corrected chi connectivity index (χ3v) is 3.85. The molecule has 0 saturated carbocycles. The minimum absolute atomic E-state index is 0.0494. The minimum Gasteiger partial charge on any atom is -0.507 e. The molecule has 0 amide bonds. The van der Waals surface area contributed by atoms with Crippen LogP contribution >= 0.6 is 0 Å². The lowest BCUT2D eigenvalue weighted by Gasteiger charge is -2.14. The van der Waals surface area contributed by atoms with E-state index in [2.05, 4.69) is 15.0 Å². The summed E-state index contributed by atoms with van der Waals surface area (Å²) >= 11 is 0. The van der Waals surface area contributed by atoms with Crippen LogP contribution in [0.1, 0.15) is 5.56 Å². The van der Waals surface area contributed by atoms with Crippen molar-refractivity contribution in [2.45, 2.75) is 6.92 Å². The van der Waals surface area contributed by atoms with Gasteiger partial charge in [-0.05, 0) is 24.1 Å². The highest BCUT2D eigenvalue weighted by Crippen LogP contribution is 2.40. The van der Waals surface area contributed by atoms with Crippen molar-refractivity contribution in [2.75, 3.05) is 7.11 Å². The Bertz CT molecular complexity index is 944. The van der Waals surface area contributed by atoms with Gasteiger partial charge in [-0.15, -0.1) is 0 Å². The predicted molar refractivity (Wildman–Crippen MR) is 101 cm³/mol. The molecular formula is C19H19N5O2. The Morgan fingerprint density at radius 3 is 2.50 bits per heavy atom. The third-order valence-electron chi connectivity index (χ3n) is 3.85. The Balaban J connectivity index is 2.29. The molecule has 132 valence electrons. The zero-order valence-electron chi connectivity index (χ0n) is 14.5. The number of rotatable bonds is 4. The molecule has 0 atom stereocenters. The molecule has 3 rings (SSSR count). The van der Waals surface area contributed by atoms with Crippen molar-refractivity contribution in [3.63, 3.8) is 0 Å². The first kappa shape index (κ1) is 17.2. The van der Waals surface area contributed by atoms with E-state index in [-0.39, 0.29) is 17.7 Å².